The van der Waals surface area contributed by atoms with Gasteiger partial charge in [-0.2, -0.15) is 0 Å². The number of pyridine rings is 1. The maximum absolute atomic E-state index is 6.13. The van der Waals surface area contributed by atoms with Crippen molar-refractivity contribution in [2.24, 2.45) is 0 Å². The number of nitrogens with zero attached hydrogens (tertiary/aromatic N) is 6. The fourth-order valence-corrected chi connectivity index (χ4v) is 5.93. The van der Waals surface area contributed by atoms with E-state index >= 15 is 0 Å². The van der Waals surface area contributed by atoms with E-state index in [2.05, 4.69) is 56.2 Å². The van der Waals surface area contributed by atoms with Crippen LogP contribution in [0.2, 0.25) is 25.7 Å². The van der Waals surface area contributed by atoms with Gasteiger partial charge >= 0.3 is 0 Å². The van der Waals surface area contributed by atoms with Gasteiger partial charge in [-0.3, -0.25) is 4.90 Å². The van der Waals surface area contributed by atoms with E-state index in [-0.39, 0.29) is 0 Å². The largest absolute Gasteiger partial charge is 0.379 e. The summed E-state index contributed by atoms with van der Waals surface area (Å²) in [6.07, 6.45) is 11.9. The van der Waals surface area contributed by atoms with Crippen molar-refractivity contribution in [2.45, 2.75) is 51.3 Å². The summed E-state index contributed by atoms with van der Waals surface area (Å²) in [6, 6.07) is 3.89. The highest BCUT2D eigenvalue weighted by Gasteiger charge is 2.28. The maximum Gasteiger partial charge on any atom is 0.144 e. The number of fused-ring (bicyclic) bond motifs is 1. The summed E-state index contributed by atoms with van der Waals surface area (Å²) in [5.41, 5.74) is 4.33. The Morgan fingerprint density at radius 1 is 1.11 bits per heavy atom. The summed E-state index contributed by atoms with van der Waals surface area (Å²) >= 11 is 0. The lowest BCUT2D eigenvalue weighted by Crippen LogP contribution is -2.51. The van der Waals surface area contributed by atoms with Gasteiger partial charge in [-0.25, -0.2) is 15.0 Å². The minimum Gasteiger partial charge on any atom is -0.379 e. The van der Waals surface area contributed by atoms with Crippen molar-refractivity contribution >= 4 is 24.8 Å². The number of aromatic nitrogens is 4. The van der Waals surface area contributed by atoms with Crippen LogP contribution in [0.4, 0.5) is 5.69 Å². The molecule has 9 heteroatoms. The van der Waals surface area contributed by atoms with Crippen molar-refractivity contribution in [2.75, 3.05) is 50.9 Å². The van der Waals surface area contributed by atoms with Crippen LogP contribution in [0.5, 0.6) is 0 Å². The summed E-state index contributed by atoms with van der Waals surface area (Å²) < 4.78 is 13.9. The normalized spacial score (nSPS) is 20.0. The Kier molecular flexibility index (Phi) is 7.47. The number of rotatable bonds is 8. The average molecular weight is 495 g/mol. The second kappa shape index (κ2) is 10.7. The minimum absolute atomic E-state index is 0.502. The molecule has 0 unspecified atom stereocenters. The molecule has 5 heterocycles. The fraction of sp³-hybridized carbons (Fsp3) is 0.577. The number of anilines is 1. The molecule has 2 fully saturated rings. The Hall–Kier alpha value is -2.33. The van der Waals surface area contributed by atoms with E-state index in [0.717, 1.165) is 68.8 Å². The van der Waals surface area contributed by atoms with E-state index in [1.54, 1.807) is 6.33 Å². The highest BCUT2D eigenvalue weighted by Crippen LogP contribution is 2.37. The lowest BCUT2D eigenvalue weighted by atomic mass is 10.0. The molecule has 188 valence electrons. The van der Waals surface area contributed by atoms with E-state index in [4.69, 9.17) is 14.5 Å². The van der Waals surface area contributed by atoms with E-state index in [1.807, 2.05) is 18.6 Å². The predicted molar refractivity (Wildman–Crippen MR) is 142 cm³/mol. The lowest BCUT2D eigenvalue weighted by Gasteiger charge is -2.42. The molecule has 0 spiro atoms. The Bertz CT molecular complexity index is 1110. The van der Waals surface area contributed by atoms with E-state index in [9.17, 15) is 0 Å². The number of ether oxygens (including phenoxy) is 2. The van der Waals surface area contributed by atoms with Gasteiger partial charge in [0.05, 0.1) is 18.6 Å². The van der Waals surface area contributed by atoms with Gasteiger partial charge in [-0.05, 0) is 25.0 Å². The number of hydrogen-bond acceptors (Lipinski definition) is 7. The zero-order valence-corrected chi connectivity index (χ0v) is 22.3. The van der Waals surface area contributed by atoms with Gasteiger partial charge in [-0.15, -0.1) is 0 Å². The molecule has 0 bridgehead atoms. The van der Waals surface area contributed by atoms with Crippen LogP contribution >= 0.6 is 0 Å². The minimum atomic E-state index is -1.13. The molecule has 3 aromatic rings. The molecule has 2 aliphatic rings. The van der Waals surface area contributed by atoms with Crippen LogP contribution in [0, 0.1) is 0 Å². The van der Waals surface area contributed by atoms with Crippen LogP contribution in [0.25, 0.3) is 22.2 Å². The van der Waals surface area contributed by atoms with Gasteiger partial charge < -0.3 is 18.9 Å². The first-order chi connectivity index (χ1) is 17.0. The van der Waals surface area contributed by atoms with Crippen LogP contribution in [-0.2, 0) is 16.2 Å². The van der Waals surface area contributed by atoms with Crippen molar-refractivity contribution < 1.29 is 9.47 Å². The molecule has 2 saturated heterocycles. The van der Waals surface area contributed by atoms with Gasteiger partial charge in [0.2, 0.25) is 0 Å². The molecule has 0 N–H and O–H groups in total. The molecule has 3 aromatic heterocycles. The van der Waals surface area contributed by atoms with Crippen LogP contribution in [0.1, 0.15) is 12.8 Å². The molecule has 8 nitrogen and oxygen atoms in total. The van der Waals surface area contributed by atoms with E-state index in [0.29, 0.717) is 12.8 Å². The van der Waals surface area contributed by atoms with Gasteiger partial charge in [0.25, 0.3) is 0 Å². The zero-order valence-electron chi connectivity index (χ0n) is 21.3. The zero-order chi connectivity index (χ0) is 24.3. The Labute approximate surface area is 209 Å². The topological polar surface area (TPSA) is 68.5 Å². The fourth-order valence-electron chi connectivity index (χ4n) is 5.17. The maximum atomic E-state index is 6.13. The lowest BCUT2D eigenvalue weighted by molar-refractivity contribution is 0.0137. The van der Waals surface area contributed by atoms with Gasteiger partial charge in [0, 0.05) is 88.5 Å². The van der Waals surface area contributed by atoms with Crippen molar-refractivity contribution in [1.29, 1.82) is 0 Å². The van der Waals surface area contributed by atoms with Gasteiger partial charge in [0.1, 0.15) is 18.7 Å². The van der Waals surface area contributed by atoms with Gasteiger partial charge in [0.15, 0.2) is 0 Å². The standard InChI is InChI=1S/C26H38N6O2Si/c1-35(2,3)14-13-34-20-32-18-23(21-15-27-19-28-16-21)25-24(6-7-29-26(25)32)31-8-4-5-22(17-31)30-9-11-33-12-10-30/h6-7,15-16,18-19,22H,4-5,8-14,17,20H2,1-3H3/t22-/m0/s1. The monoisotopic (exact) mass is 494 g/mol. The quantitative estimate of drug-likeness (QED) is 0.345. The molecule has 35 heavy (non-hydrogen) atoms. The summed E-state index contributed by atoms with van der Waals surface area (Å²) in [5, 5.41) is 1.17. The molecule has 0 saturated carbocycles. The average Bonchev–Trinajstić information content (AvgIpc) is 3.26. The van der Waals surface area contributed by atoms with E-state index < -0.39 is 8.07 Å². The molecule has 1 atom stereocenters. The molecule has 0 amide bonds. The predicted octanol–water partition coefficient (Wildman–Crippen LogP) is 4.11. The highest BCUT2D eigenvalue weighted by molar-refractivity contribution is 6.76. The first kappa shape index (κ1) is 24.4. The Balaban J connectivity index is 1.46. The van der Waals surface area contributed by atoms with Crippen LogP contribution in [0.3, 0.4) is 0 Å². The smallest absolute Gasteiger partial charge is 0.144 e. The third-order valence-corrected chi connectivity index (χ3v) is 8.84. The molecular weight excluding hydrogens is 456 g/mol. The highest BCUT2D eigenvalue weighted by atomic mass is 28.3. The van der Waals surface area contributed by atoms with Gasteiger partial charge in [-0.1, -0.05) is 19.6 Å². The number of piperidine rings is 1. The Morgan fingerprint density at radius 3 is 2.69 bits per heavy atom. The van der Waals surface area contributed by atoms with E-state index in [1.165, 1.54) is 23.9 Å². The molecule has 0 aliphatic carbocycles. The van der Waals surface area contributed by atoms with Crippen molar-refractivity contribution in [1.82, 2.24) is 24.4 Å². The van der Waals surface area contributed by atoms with Crippen LogP contribution < -0.4 is 4.90 Å². The molecule has 0 radical (unpaired) electrons. The summed E-state index contributed by atoms with van der Waals surface area (Å²) in [7, 11) is -1.13. The molecule has 0 aromatic carbocycles. The second-order valence-corrected chi connectivity index (χ2v) is 16.5. The first-order valence-corrected chi connectivity index (χ1v) is 16.6. The van der Waals surface area contributed by atoms with Crippen LogP contribution in [-0.4, -0.2) is 84.5 Å². The molecule has 5 rings (SSSR count). The Morgan fingerprint density at radius 2 is 1.91 bits per heavy atom. The second-order valence-electron chi connectivity index (χ2n) is 10.9. The molecular formula is C26H38N6O2Si. The number of morpholine rings is 1. The summed E-state index contributed by atoms with van der Waals surface area (Å²) in [5.74, 6) is 0. The van der Waals surface area contributed by atoms with Crippen LogP contribution in [0.15, 0.2) is 37.2 Å². The SMILES string of the molecule is C[Si](C)(C)CCOCn1cc(-c2cncnc2)c2c(N3CCC[C@H](N4CCOCC4)C3)ccnc21. The third-order valence-electron chi connectivity index (χ3n) is 7.13. The summed E-state index contributed by atoms with van der Waals surface area (Å²) in [4.78, 5) is 18.6. The van der Waals surface area contributed by atoms with Crippen molar-refractivity contribution in [3.05, 3.63) is 37.2 Å². The number of hydrogen-bond donors (Lipinski definition) is 0. The third kappa shape index (κ3) is 5.74. The van der Waals surface area contributed by atoms with Crippen molar-refractivity contribution in [3.8, 4) is 11.1 Å². The first-order valence-electron chi connectivity index (χ1n) is 12.9. The summed E-state index contributed by atoms with van der Waals surface area (Å²) in [6.45, 7) is 14.3. The van der Waals surface area contributed by atoms with Crippen molar-refractivity contribution in [3.63, 3.8) is 0 Å². The molecule has 2 aliphatic heterocycles.